The van der Waals surface area contributed by atoms with Gasteiger partial charge in [0.25, 0.3) is 0 Å². The molecule has 0 saturated heterocycles. The zero-order valence-electron chi connectivity index (χ0n) is 13.9. The SMILES string of the molecule is CCCC(=O)CCCCC#CCCCCCCOCOC. The fourth-order valence-electron chi connectivity index (χ4n) is 2.03. The Morgan fingerprint density at radius 3 is 2.24 bits per heavy atom. The molecule has 0 aromatic rings. The highest BCUT2D eigenvalue weighted by Gasteiger charge is 1.98. The van der Waals surface area contributed by atoms with Gasteiger partial charge in [-0.15, -0.1) is 11.8 Å². The first kappa shape index (κ1) is 20.1. The molecule has 21 heavy (non-hydrogen) atoms. The molecular formula is C18H32O3. The first-order valence-corrected chi connectivity index (χ1v) is 8.35. The van der Waals surface area contributed by atoms with Crippen LogP contribution < -0.4 is 0 Å². The summed E-state index contributed by atoms with van der Waals surface area (Å²) in [6.45, 7) is 3.24. The second kappa shape index (κ2) is 17.2. The highest BCUT2D eigenvalue weighted by molar-refractivity contribution is 5.78. The first-order chi connectivity index (χ1) is 10.3. The van der Waals surface area contributed by atoms with Crippen molar-refractivity contribution in [1.29, 1.82) is 0 Å². The van der Waals surface area contributed by atoms with Gasteiger partial charge in [-0.1, -0.05) is 19.8 Å². The number of rotatable bonds is 14. The number of hydrogen-bond donors (Lipinski definition) is 0. The van der Waals surface area contributed by atoms with Crippen molar-refractivity contribution in [2.24, 2.45) is 0 Å². The van der Waals surface area contributed by atoms with Crippen molar-refractivity contribution in [2.75, 3.05) is 20.5 Å². The molecule has 122 valence electrons. The summed E-state index contributed by atoms with van der Waals surface area (Å²) in [5.74, 6) is 6.83. The van der Waals surface area contributed by atoms with E-state index >= 15 is 0 Å². The lowest BCUT2D eigenvalue weighted by Crippen LogP contribution is -1.98. The van der Waals surface area contributed by atoms with Crippen molar-refractivity contribution in [3.63, 3.8) is 0 Å². The summed E-state index contributed by atoms with van der Waals surface area (Å²) in [6.07, 6.45) is 11.1. The number of carbonyl (C=O) groups is 1. The number of hydrogen-bond acceptors (Lipinski definition) is 3. The maximum atomic E-state index is 11.3. The third kappa shape index (κ3) is 17.1. The number of carbonyl (C=O) groups excluding carboxylic acids is 1. The van der Waals surface area contributed by atoms with Gasteiger partial charge in [0.1, 0.15) is 12.6 Å². The van der Waals surface area contributed by atoms with Crippen LogP contribution in [0.4, 0.5) is 0 Å². The van der Waals surface area contributed by atoms with E-state index in [4.69, 9.17) is 9.47 Å². The largest absolute Gasteiger partial charge is 0.359 e. The van der Waals surface area contributed by atoms with Crippen LogP contribution in [0.2, 0.25) is 0 Å². The molecule has 3 heteroatoms. The maximum Gasteiger partial charge on any atom is 0.146 e. The van der Waals surface area contributed by atoms with Gasteiger partial charge in [0.2, 0.25) is 0 Å². The third-order valence-corrected chi connectivity index (χ3v) is 3.20. The van der Waals surface area contributed by atoms with Gasteiger partial charge in [-0.25, -0.2) is 0 Å². The van der Waals surface area contributed by atoms with Crippen molar-refractivity contribution in [3.05, 3.63) is 0 Å². The molecule has 0 aliphatic carbocycles. The van der Waals surface area contributed by atoms with E-state index in [1.165, 1.54) is 19.3 Å². The van der Waals surface area contributed by atoms with E-state index in [9.17, 15) is 4.79 Å². The average Bonchev–Trinajstić information content (AvgIpc) is 2.48. The fraction of sp³-hybridized carbons (Fsp3) is 0.833. The third-order valence-electron chi connectivity index (χ3n) is 3.20. The van der Waals surface area contributed by atoms with Gasteiger partial charge in [0.15, 0.2) is 0 Å². The van der Waals surface area contributed by atoms with Crippen molar-refractivity contribution < 1.29 is 14.3 Å². The van der Waals surface area contributed by atoms with E-state index in [0.29, 0.717) is 12.6 Å². The second-order valence-electron chi connectivity index (χ2n) is 5.33. The Labute approximate surface area is 130 Å². The molecule has 3 nitrogen and oxygen atoms in total. The monoisotopic (exact) mass is 296 g/mol. The van der Waals surface area contributed by atoms with E-state index in [0.717, 1.165) is 58.0 Å². The van der Waals surface area contributed by atoms with E-state index in [1.807, 2.05) is 0 Å². The van der Waals surface area contributed by atoms with E-state index < -0.39 is 0 Å². The van der Waals surface area contributed by atoms with Gasteiger partial charge >= 0.3 is 0 Å². The molecule has 0 N–H and O–H groups in total. The van der Waals surface area contributed by atoms with Gasteiger partial charge in [-0.2, -0.15) is 0 Å². The lowest BCUT2D eigenvalue weighted by Gasteiger charge is -2.01. The topological polar surface area (TPSA) is 35.5 Å². The summed E-state index contributed by atoms with van der Waals surface area (Å²) >= 11 is 0. The summed E-state index contributed by atoms with van der Waals surface area (Å²) in [5, 5.41) is 0. The summed E-state index contributed by atoms with van der Waals surface area (Å²) < 4.78 is 10.0. The maximum absolute atomic E-state index is 11.3. The van der Waals surface area contributed by atoms with Crippen LogP contribution in [0, 0.1) is 11.8 Å². The number of Topliss-reactive ketones (excluding diaryl/α,β-unsaturated/α-hetero) is 1. The van der Waals surface area contributed by atoms with Crippen LogP contribution in [-0.4, -0.2) is 26.3 Å². The Morgan fingerprint density at radius 1 is 0.905 bits per heavy atom. The van der Waals surface area contributed by atoms with E-state index in [1.54, 1.807) is 7.11 Å². The minimum absolute atomic E-state index is 0.398. The molecule has 0 heterocycles. The predicted octanol–water partition coefficient (Wildman–Crippen LogP) is 4.49. The standard InChI is InChI=1S/C18H32O3/c1-3-14-18(19)15-12-10-8-6-4-5-7-9-11-13-16-21-17-20-2/h3,5,7-17H2,1-2H3. The molecule has 0 aromatic heterocycles. The van der Waals surface area contributed by atoms with Crippen LogP contribution in [0.1, 0.15) is 77.6 Å². The molecule has 0 spiro atoms. The van der Waals surface area contributed by atoms with E-state index in [2.05, 4.69) is 18.8 Å². The molecule has 0 radical (unpaired) electrons. The lowest BCUT2D eigenvalue weighted by atomic mass is 10.1. The molecule has 0 fully saturated rings. The van der Waals surface area contributed by atoms with Crippen LogP contribution in [0.5, 0.6) is 0 Å². The Hall–Kier alpha value is -0.850. The highest BCUT2D eigenvalue weighted by Crippen LogP contribution is 2.04. The first-order valence-electron chi connectivity index (χ1n) is 8.35. The quantitative estimate of drug-likeness (QED) is 0.269. The molecule has 0 amide bonds. The van der Waals surface area contributed by atoms with Crippen LogP contribution in [-0.2, 0) is 14.3 Å². The van der Waals surface area contributed by atoms with Gasteiger partial charge < -0.3 is 9.47 Å². The van der Waals surface area contributed by atoms with E-state index in [-0.39, 0.29) is 0 Å². The molecule has 0 bridgehead atoms. The van der Waals surface area contributed by atoms with Crippen LogP contribution in [0.15, 0.2) is 0 Å². The Balaban J connectivity index is 3.18. The van der Waals surface area contributed by atoms with Gasteiger partial charge in [-0.3, -0.25) is 4.79 Å². The van der Waals surface area contributed by atoms with Crippen molar-refractivity contribution in [3.8, 4) is 11.8 Å². The smallest absolute Gasteiger partial charge is 0.146 e. The van der Waals surface area contributed by atoms with Crippen LogP contribution in [0.3, 0.4) is 0 Å². The molecule has 0 saturated carbocycles. The number of ether oxygens (including phenoxy) is 2. The van der Waals surface area contributed by atoms with Crippen LogP contribution >= 0.6 is 0 Å². The molecule has 0 unspecified atom stereocenters. The Morgan fingerprint density at radius 2 is 1.57 bits per heavy atom. The zero-order valence-corrected chi connectivity index (χ0v) is 13.9. The number of methoxy groups -OCH3 is 1. The molecule has 0 rings (SSSR count). The molecule has 0 aromatic carbocycles. The lowest BCUT2D eigenvalue weighted by molar-refractivity contribution is -0.119. The van der Waals surface area contributed by atoms with Crippen molar-refractivity contribution >= 4 is 5.78 Å². The van der Waals surface area contributed by atoms with Gasteiger partial charge in [-0.05, 0) is 32.1 Å². The fourth-order valence-corrected chi connectivity index (χ4v) is 2.03. The number of unbranched alkanes of at least 4 members (excludes halogenated alkanes) is 6. The van der Waals surface area contributed by atoms with Crippen LogP contribution in [0.25, 0.3) is 0 Å². The summed E-state index contributed by atoms with van der Waals surface area (Å²) in [7, 11) is 1.64. The molecule has 0 aliphatic heterocycles. The zero-order chi connectivity index (χ0) is 15.6. The average molecular weight is 296 g/mol. The summed E-state index contributed by atoms with van der Waals surface area (Å²) in [5.41, 5.74) is 0. The summed E-state index contributed by atoms with van der Waals surface area (Å²) in [6, 6.07) is 0. The normalized spacial score (nSPS) is 10.2. The minimum Gasteiger partial charge on any atom is -0.359 e. The van der Waals surface area contributed by atoms with Gasteiger partial charge in [0.05, 0.1) is 0 Å². The Bertz CT molecular complexity index is 289. The van der Waals surface area contributed by atoms with Crippen molar-refractivity contribution in [2.45, 2.75) is 77.6 Å². The highest BCUT2D eigenvalue weighted by atomic mass is 16.7. The predicted molar refractivity (Wildman–Crippen MR) is 87.1 cm³/mol. The Kier molecular flexibility index (Phi) is 16.5. The van der Waals surface area contributed by atoms with Crippen molar-refractivity contribution in [1.82, 2.24) is 0 Å². The molecule has 0 atom stereocenters. The molecular weight excluding hydrogens is 264 g/mol. The second-order valence-corrected chi connectivity index (χ2v) is 5.33. The molecule has 0 aliphatic rings. The minimum atomic E-state index is 0.398. The van der Waals surface area contributed by atoms with Gasteiger partial charge in [0, 0.05) is 39.4 Å². The number of ketones is 1. The summed E-state index contributed by atoms with van der Waals surface area (Å²) in [4.78, 5) is 11.3.